The van der Waals surface area contributed by atoms with Gasteiger partial charge >= 0.3 is 0 Å². The summed E-state index contributed by atoms with van der Waals surface area (Å²) in [6, 6.07) is 3.26. The number of hydrogen-bond acceptors (Lipinski definition) is 1. The molecule has 2 rings (SSSR count). The van der Waals surface area contributed by atoms with Crippen molar-refractivity contribution in [2.24, 2.45) is 0 Å². The molecule has 1 aliphatic heterocycles. The molecule has 1 aliphatic rings. The Labute approximate surface area is 86.3 Å². The summed E-state index contributed by atoms with van der Waals surface area (Å²) >= 11 is 0. The fraction of sp³-hybridized carbons (Fsp3) is 0.455. The second kappa shape index (κ2) is 3.85. The van der Waals surface area contributed by atoms with E-state index in [0.717, 1.165) is 12.1 Å². The predicted octanol–water partition coefficient (Wildman–Crippen LogP) is 2.51. The van der Waals surface area contributed by atoms with Crippen LogP contribution in [0.5, 0.6) is 0 Å². The van der Waals surface area contributed by atoms with E-state index in [1.165, 1.54) is 6.07 Å². The summed E-state index contributed by atoms with van der Waals surface area (Å²) in [4.78, 5) is 0. The topological polar surface area (TPSA) is 12.0 Å². The third-order valence-corrected chi connectivity index (χ3v) is 2.83. The van der Waals surface area contributed by atoms with Crippen LogP contribution in [0, 0.1) is 11.6 Å². The quantitative estimate of drug-likeness (QED) is 0.759. The standard InChI is InChI=1S/C11H12F3N/c12-9-2-1-8(7-10(9)13)11(14)3-5-15-6-4-11/h1-2,7,15H,3-6H2. The molecule has 0 unspecified atom stereocenters. The number of benzene rings is 1. The van der Waals surface area contributed by atoms with Crippen LogP contribution in [0.2, 0.25) is 0 Å². The Morgan fingerprint density at radius 1 is 1.07 bits per heavy atom. The highest BCUT2D eigenvalue weighted by Crippen LogP contribution is 2.35. The molecule has 0 spiro atoms. The molecule has 0 aliphatic carbocycles. The first-order valence-corrected chi connectivity index (χ1v) is 4.97. The first-order valence-electron chi connectivity index (χ1n) is 4.97. The van der Waals surface area contributed by atoms with Crippen molar-refractivity contribution in [3.63, 3.8) is 0 Å². The van der Waals surface area contributed by atoms with Gasteiger partial charge < -0.3 is 5.32 Å². The summed E-state index contributed by atoms with van der Waals surface area (Å²) in [5.41, 5.74) is -1.28. The molecule has 0 saturated carbocycles. The van der Waals surface area contributed by atoms with Crippen LogP contribution < -0.4 is 5.32 Å². The summed E-state index contributed by atoms with van der Waals surface area (Å²) in [7, 11) is 0. The lowest BCUT2D eigenvalue weighted by molar-refractivity contribution is 0.114. The second-order valence-corrected chi connectivity index (χ2v) is 3.84. The van der Waals surface area contributed by atoms with Crippen LogP contribution >= 0.6 is 0 Å². The molecule has 4 heteroatoms. The number of rotatable bonds is 1. The molecule has 15 heavy (non-hydrogen) atoms. The van der Waals surface area contributed by atoms with Gasteiger partial charge in [-0.2, -0.15) is 0 Å². The highest BCUT2D eigenvalue weighted by atomic mass is 19.2. The molecule has 0 aromatic heterocycles. The Balaban J connectivity index is 2.31. The maximum Gasteiger partial charge on any atom is 0.159 e. The minimum Gasteiger partial charge on any atom is -0.316 e. The average Bonchev–Trinajstić information content (AvgIpc) is 2.23. The van der Waals surface area contributed by atoms with Crippen molar-refractivity contribution in [3.05, 3.63) is 35.4 Å². The van der Waals surface area contributed by atoms with E-state index in [0.29, 0.717) is 25.9 Å². The highest BCUT2D eigenvalue weighted by Gasteiger charge is 2.34. The molecule has 1 fully saturated rings. The summed E-state index contributed by atoms with van der Waals surface area (Å²) in [6.07, 6.45) is 0.607. The minimum atomic E-state index is -1.51. The maximum atomic E-state index is 14.3. The third kappa shape index (κ3) is 2.00. The molecular weight excluding hydrogens is 203 g/mol. The van der Waals surface area contributed by atoms with Crippen molar-refractivity contribution < 1.29 is 13.2 Å². The molecule has 1 aromatic rings. The summed E-state index contributed by atoms with van der Waals surface area (Å²) in [6.45, 7) is 1.13. The first-order chi connectivity index (χ1) is 7.12. The Hall–Kier alpha value is -1.03. The first kappa shape index (κ1) is 10.5. The lowest BCUT2D eigenvalue weighted by atomic mass is 9.87. The minimum absolute atomic E-state index is 0.239. The lowest BCUT2D eigenvalue weighted by Gasteiger charge is -2.30. The van der Waals surface area contributed by atoms with E-state index in [1.807, 2.05) is 0 Å². The molecule has 0 atom stereocenters. The summed E-state index contributed by atoms with van der Waals surface area (Å²) in [5, 5.41) is 3.03. The Morgan fingerprint density at radius 2 is 1.73 bits per heavy atom. The fourth-order valence-corrected chi connectivity index (χ4v) is 1.89. The highest BCUT2D eigenvalue weighted by molar-refractivity contribution is 5.25. The number of hydrogen-bond donors (Lipinski definition) is 1. The van der Waals surface area contributed by atoms with Crippen LogP contribution in [0.15, 0.2) is 18.2 Å². The summed E-state index contributed by atoms with van der Waals surface area (Å²) in [5.74, 6) is -1.92. The molecule has 1 nitrogen and oxygen atoms in total. The number of nitrogens with one attached hydrogen (secondary N) is 1. The monoisotopic (exact) mass is 215 g/mol. The van der Waals surface area contributed by atoms with Crippen molar-refractivity contribution in [2.45, 2.75) is 18.5 Å². The van der Waals surface area contributed by atoms with Gasteiger partial charge in [0.15, 0.2) is 11.6 Å². The van der Waals surface area contributed by atoms with Gasteiger partial charge in [0.1, 0.15) is 5.67 Å². The van der Waals surface area contributed by atoms with Crippen LogP contribution in [-0.4, -0.2) is 13.1 Å². The summed E-state index contributed by atoms with van der Waals surface area (Å²) < 4.78 is 39.9. The molecule has 0 bridgehead atoms. The van der Waals surface area contributed by atoms with Gasteiger partial charge in [-0.1, -0.05) is 6.07 Å². The van der Waals surface area contributed by atoms with Crippen molar-refractivity contribution >= 4 is 0 Å². The van der Waals surface area contributed by atoms with Crippen molar-refractivity contribution in [1.29, 1.82) is 0 Å². The SMILES string of the molecule is Fc1ccc(C2(F)CCNCC2)cc1F. The van der Waals surface area contributed by atoms with Gasteiger partial charge in [-0.15, -0.1) is 0 Å². The molecule has 0 radical (unpaired) electrons. The fourth-order valence-electron chi connectivity index (χ4n) is 1.89. The zero-order valence-corrected chi connectivity index (χ0v) is 8.19. The largest absolute Gasteiger partial charge is 0.316 e. The normalized spacial score (nSPS) is 20.2. The van der Waals surface area contributed by atoms with E-state index >= 15 is 0 Å². The number of halogens is 3. The Morgan fingerprint density at radius 3 is 2.33 bits per heavy atom. The lowest BCUT2D eigenvalue weighted by Crippen LogP contribution is -2.36. The third-order valence-electron chi connectivity index (χ3n) is 2.83. The smallest absolute Gasteiger partial charge is 0.159 e. The van der Waals surface area contributed by atoms with E-state index in [-0.39, 0.29) is 5.56 Å². The van der Waals surface area contributed by atoms with Crippen molar-refractivity contribution in [3.8, 4) is 0 Å². The molecule has 1 aromatic carbocycles. The number of piperidine rings is 1. The zero-order chi connectivity index (χ0) is 10.9. The average molecular weight is 215 g/mol. The van der Waals surface area contributed by atoms with Crippen LogP contribution in [0.4, 0.5) is 13.2 Å². The van der Waals surface area contributed by atoms with E-state index in [1.54, 1.807) is 0 Å². The molecule has 0 amide bonds. The zero-order valence-electron chi connectivity index (χ0n) is 8.19. The molecule has 1 heterocycles. The van der Waals surface area contributed by atoms with Gasteiger partial charge in [-0.05, 0) is 43.6 Å². The van der Waals surface area contributed by atoms with Gasteiger partial charge in [0.2, 0.25) is 0 Å². The van der Waals surface area contributed by atoms with Crippen LogP contribution in [0.1, 0.15) is 18.4 Å². The van der Waals surface area contributed by atoms with Crippen LogP contribution in [0.3, 0.4) is 0 Å². The van der Waals surface area contributed by atoms with Crippen LogP contribution in [-0.2, 0) is 5.67 Å². The second-order valence-electron chi connectivity index (χ2n) is 3.84. The Kier molecular flexibility index (Phi) is 2.69. The molecular formula is C11H12F3N. The van der Waals surface area contributed by atoms with Crippen LogP contribution in [0.25, 0.3) is 0 Å². The van der Waals surface area contributed by atoms with Gasteiger partial charge in [-0.3, -0.25) is 0 Å². The van der Waals surface area contributed by atoms with Gasteiger partial charge in [0.25, 0.3) is 0 Å². The van der Waals surface area contributed by atoms with E-state index in [9.17, 15) is 13.2 Å². The molecule has 82 valence electrons. The maximum absolute atomic E-state index is 14.3. The molecule has 1 N–H and O–H groups in total. The van der Waals surface area contributed by atoms with Crippen molar-refractivity contribution in [1.82, 2.24) is 5.32 Å². The number of alkyl halides is 1. The van der Waals surface area contributed by atoms with Gasteiger partial charge in [-0.25, -0.2) is 13.2 Å². The van der Waals surface area contributed by atoms with E-state index < -0.39 is 17.3 Å². The van der Waals surface area contributed by atoms with Gasteiger partial charge in [0, 0.05) is 0 Å². The van der Waals surface area contributed by atoms with Crippen molar-refractivity contribution in [2.75, 3.05) is 13.1 Å². The van der Waals surface area contributed by atoms with Gasteiger partial charge in [0.05, 0.1) is 0 Å². The van der Waals surface area contributed by atoms with E-state index in [2.05, 4.69) is 5.32 Å². The molecule has 1 saturated heterocycles. The predicted molar refractivity (Wildman–Crippen MR) is 51.2 cm³/mol. The van der Waals surface area contributed by atoms with E-state index in [4.69, 9.17) is 0 Å². The Bertz CT molecular complexity index is 359.